The number of anilines is 2. The molecule has 1 aromatic heterocycles. The Morgan fingerprint density at radius 2 is 1.78 bits per heavy atom. The highest BCUT2D eigenvalue weighted by Crippen LogP contribution is 2.42. The van der Waals surface area contributed by atoms with Crippen molar-refractivity contribution < 1.29 is 18.7 Å². The Balaban J connectivity index is 1.51. The van der Waals surface area contributed by atoms with E-state index in [1.54, 1.807) is 30.5 Å². The van der Waals surface area contributed by atoms with Crippen LogP contribution in [-0.4, -0.2) is 23.9 Å². The first-order valence-electron chi connectivity index (χ1n) is 9.98. The summed E-state index contributed by atoms with van der Waals surface area (Å²) in [5, 5.41) is 4.60. The minimum Gasteiger partial charge on any atom is -0.497 e. The number of hydrogen-bond donors (Lipinski definition) is 1. The number of halogens is 1. The van der Waals surface area contributed by atoms with E-state index in [1.165, 1.54) is 36.3 Å². The summed E-state index contributed by atoms with van der Waals surface area (Å²) in [7, 11) is 1.53. The summed E-state index contributed by atoms with van der Waals surface area (Å²) in [6, 6.07) is 19.2. The Bertz CT molecular complexity index is 1350. The maximum absolute atomic E-state index is 13.4. The van der Waals surface area contributed by atoms with Gasteiger partial charge in [0.25, 0.3) is 11.8 Å². The van der Waals surface area contributed by atoms with Gasteiger partial charge in [-0.15, -0.1) is 0 Å². The summed E-state index contributed by atoms with van der Waals surface area (Å²) in [6.45, 7) is 0. The van der Waals surface area contributed by atoms with E-state index in [1.807, 2.05) is 24.3 Å². The van der Waals surface area contributed by atoms with Gasteiger partial charge in [-0.3, -0.25) is 19.5 Å². The number of nitrogens with zero attached hydrogens (tertiary/aromatic N) is 2. The molecule has 1 atom stereocenters. The minimum absolute atomic E-state index is 0.215. The van der Waals surface area contributed by atoms with Gasteiger partial charge in [0.15, 0.2) is 0 Å². The average molecular weight is 427 g/mol. The molecule has 0 aliphatic carbocycles. The predicted molar refractivity (Wildman–Crippen MR) is 118 cm³/mol. The molecule has 0 fully saturated rings. The third-order valence-electron chi connectivity index (χ3n) is 5.48. The van der Waals surface area contributed by atoms with E-state index >= 15 is 0 Å². The molecule has 0 saturated carbocycles. The van der Waals surface area contributed by atoms with E-state index < -0.39 is 17.8 Å². The summed E-state index contributed by atoms with van der Waals surface area (Å²) < 4.78 is 18.8. The average Bonchev–Trinajstić information content (AvgIpc) is 3.09. The van der Waals surface area contributed by atoms with Crippen LogP contribution in [-0.2, 0) is 4.79 Å². The van der Waals surface area contributed by atoms with Crippen LogP contribution >= 0.6 is 0 Å². The number of pyridine rings is 1. The molecule has 158 valence electrons. The SMILES string of the molecule is COc1ccc2c(c1)N(c1ccc(F)cc1)C(=O)C2NC(=O)c1cc2ccccc2cn1. The fourth-order valence-corrected chi connectivity index (χ4v) is 3.88. The molecular weight excluding hydrogens is 409 g/mol. The maximum atomic E-state index is 13.4. The van der Waals surface area contributed by atoms with Gasteiger partial charge in [0.1, 0.15) is 23.3 Å². The van der Waals surface area contributed by atoms with Crippen molar-refractivity contribution in [2.45, 2.75) is 6.04 Å². The van der Waals surface area contributed by atoms with Gasteiger partial charge in [0.2, 0.25) is 0 Å². The highest BCUT2D eigenvalue weighted by molar-refractivity contribution is 6.12. The molecule has 0 radical (unpaired) electrons. The van der Waals surface area contributed by atoms with Gasteiger partial charge in [-0.2, -0.15) is 0 Å². The summed E-state index contributed by atoms with van der Waals surface area (Å²) in [5.74, 6) is -0.656. The van der Waals surface area contributed by atoms with Crippen LogP contribution in [0, 0.1) is 5.82 Å². The Morgan fingerprint density at radius 1 is 1.03 bits per heavy atom. The van der Waals surface area contributed by atoms with Crippen LogP contribution in [0.15, 0.2) is 79.0 Å². The van der Waals surface area contributed by atoms with Crippen LogP contribution in [0.25, 0.3) is 10.8 Å². The molecule has 1 aliphatic heterocycles. The van der Waals surface area contributed by atoms with Crippen LogP contribution in [0.3, 0.4) is 0 Å². The van der Waals surface area contributed by atoms with Crippen molar-refractivity contribution in [3.63, 3.8) is 0 Å². The van der Waals surface area contributed by atoms with E-state index in [0.29, 0.717) is 22.7 Å². The van der Waals surface area contributed by atoms with Crippen LogP contribution in [0.2, 0.25) is 0 Å². The number of fused-ring (bicyclic) bond motifs is 2. The maximum Gasteiger partial charge on any atom is 0.270 e. The van der Waals surface area contributed by atoms with Gasteiger partial charge >= 0.3 is 0 Å². The molecule has 0 saturated heterocycles. The smallest absolute Gasteiger partial charge is 0.270 e. The Kier molecular flexibility index (Phi) is 4.78. The van der Waals surface area contributed by atoms with Gasteiger partial charge in [-0.1, -0.05) is 30.3 Å². The molecule has 0 bridgehead atoms. The molecule has 4 aromatic rings. The molecule has 7 heteroatoms. The zero-order valence-corrected chi connectivity index (χ0v) is 17.1. The number of carbonyl (C=O) groups excluding carboxylic acids is 2. The number of amides is 2. The fraction of sp³-hybridized carbons (Fsp3) is 0.0800. The fourth-order valence-electron chi connectivity index (χ4n) is 3.88. The number of ether oxygens (including phenoxy) is 1. The molecule has 1 unspecified atom stereocenters. The Labute approximate surface area is 183 Å². The van der Waals surface area contributed by atoms with Crippen LogP contribution in [0.5, 0.6) is 5.75 Å². The first-order valence-corrected chi connectivity index (χ1v) is 9.98. The van der Waals surface area contributed by atoms with Crippen LogP contribution in [0.1, 0.15) is 22.1 Å². The molecule has 5 rings (SSSR count). The number of benzene rings is 3. The Hall–Kier alpha value is -4.26. The van der Waals surface area contributed by atoms with Gasteiger partial charge < -0.3 is 10.1 Å². The van der Waals surface area contributed by atoms with Crippen LogP contribution in [0.4, 0.5) is 15.8 Å². The van der Waals surface area contributed by atoms with E-state index in [2.05, 4.69) is 10.3 Å². The topological polar surface area (TPSA) is 71.5 Å². The number of rotatable bonds is 4. The first-order chi connectivity index (χ1) is 15.5. The molecule has 6 nitrogen and oxygen atoms in total. The second-order valence-corrected chi connectivity index (χ2v) is 7.40. The van der Waals surface area contributed by atoms with Gasteiger partial charge in [-0.05, 0) is 41.8 Å². The number of nitrogens with one attached hydrogen (secondary N) is 1. The summed E-state index contributed by atoms with van der Waals surface area (Å²) in [5.41, 5.74) is 1.89. The zero-order chi connectivity index (χ0) is 22.2. The molecule has 3 aromatic carbocycles. The van der Waals surface area contributed by atoms with Gasteiger partial charge in [0.05, 0.1) is 12.8 Å². The normalized spacial score (nSPS) is 15.0. The lowest BCUT2D eigenvalue weighted by molar-refractivity contribution is -0.119. The standard InChI is InChI=1S/C25H18FN3O3/c1-32-19-10-11-20-22(13-19)29(18-8-6-17(26)7-9-18)25(31)23(20)28-24(30)21-12-15-4-2-3-5-16(15)14-27-21/h2-14,23H,1H3,(H,28,30). The van der Waals surface area contributed by atoms with Crippen molar-refractivity contribution >= 4 is 34.0 Å². The van der Waals surface area contributed by atoms with Crippen molar-refractivity contribution in [1.29, 1.82) is 0 Å². The summed E-state index contributed by atoms with van der Waals surface area (Å²) in [4.78, 5) is 32.1. The molecule has 2 heterocycles. The number of aromatic nitrogens is 1. The molecule has 1 aliphatic rings. The van der Waals surface area contributed by atoms with Gasteiger partial charge in [-0.25, -0.2) is 4.39 Å². The van der Waals surface area contributed by atoms with E-state index in [9.17, 15) is 14.0 Å². The molecule has 0 spiro atoms. The van der Waals surface area contributed by atoms with Crippen LogP contribution < -0.4 is 15.0 Å². The Morgan fingerprint density at radius 3 is 2.53 bits per heavy atom. The third-order valence-corrected chi connectivity index (χ3v) is 5.48. The summed E-state index contributed by atoms with van der Waals surface area (Å²) >= 11 is 0. The molecule has 32 heavy (non-hydrogen) atoms. The highest BCUT2D eigenvalue weighted by atomic mass is 19.1. The largest absolute Gasteiger partial charge is 0.497 e. The third kappa shape index (κ3) is 3.33. The monoisotopic (exact) mass is 427 g/mol. The quantitative estimate of drug-likeness (QED) is 0.519. The highest BCUT2D eigenvalue weighted by Gasteiger charge is 2.39. The first kappa shape index (κ1) is 19.7. The minimum atomic E-state index is -0.915. The summed E-state index contributed by atoms with van der Waals surface area (Å²) in [6.07, 6.45) is 1.63. The molecule has 2 amide bonds. The lowest BCUT2D eigenvalue weighted by Crippen LogP contribution is -2.36. The van der Waals surface area contributed by atoms with Crippen molar-refractivity contribution in [2.24, 2.45) is 0 Å². The van der Waals surface area contributed by atoms with E-state index in [4.69, 9.17) is 4.74 Å². The number of methoxy groups -OCH3 is 1. The van der Waals surface area contributed by atoms with Crippen molar-refractivity contribution in [1.82, 2.24) is 10.3 Å². The lowest BCUT2D eigenvalue weighted by atomic mass is 10.1. The second-order valence-electron chi connectivity index (χ2n) is 7.40. The second kappa shape index (κ2) is 7.77. The van der Waals surface area contributed by atoms with E-state index in [-0.39, 0.29) is 11.6 Å². The zero-order valence-electron chi connectivity index (χ0n) is 17.1. The van der Waals surface area contributed by atoms with Crippen molar-refractivity contribution in [3.05, 3.63) is 96.1 Å². The van der Waals surface area contributed by atoms with Crippen molar-refractivity contribution in [2.75, 3.05) is 12.0 Å². The van der Waals surface area contributed by atoms with Gasteiger partial charge in [0, 0.05) is 28.9 Å². The number of hydrogen-bond acceptors (Lipinski definition) is 4. The predicted octanol–water partition coefficient (Wildman–Crippen LogP) is 4.53. The lowest BCUT2D eigenvalue weighted by Gasteiger charge is -2.18. The van der Waals surface area contributed by atoms with E-state index in [0.717, 1.165) is 10.8 Å². The number of carbonyl (C=O) groups is 2. The van der Waals surface area contributed by atoms with Crippen molar-refractivity contribution in [3.8, 4) is 5.75 Å². The molecule has 1 N–H and O–H groups in total. The molecular formula is C25H18FN3O3.